The van der Waals surface area contributed by atoms with Crippen molar-refractivity contribution >= 4 is 6.03 Å². The number of amides is 2. The zero-order valence-electron chi connectivity index (χ0n) is 15.5. The van der Waals surface area contributed by atoms with Gasteiger partial charge in [0.2, 0.25) is 0 Å². The van der Waals surface area contributed by atoms with E-state index < -0.39 is 6.10 Å². The molecule has 7 heteroatoms. The second-order valence-corrected chi connectivity index (χ2v) is 7.78. The molecule has 3 fully saturated rings. The molecule has 1 aromatic carbocycles. The van der Waals surface area contributed by atoms with E-state index in [1.807, 2.05) is 4.90 Å². The van der Waals surface area contributed by atoms with Crippen LogP contribution in [-0.2, 0) is 4.74 Å². The molecule has 2 amide bonds. The fraction of sp³-hybridized carbons (Fsp3) is 0.650. The molecule has 3 aliphatic rings. The van der Waals surface area contributed by atoms with Gasteiger partial charge in [-0.2, -0.15) is 0 Å². The van der Waals surface area contributed by atoms with Crippen molar-refractivity contribution in [1.82, 2.24) is 15.1 Å². The van der Waals surface area contributed by atoms with Crippen molar-refractivity contribution in [2.45, 2.75) is 37.5 Å². The summed E-state index contributed by atoms with van der Waals surface area (Å²) in [7, 11) is 0. The maximum absolute atomic E-state index is 13.3. The summed E-state index contributed by atoms with van der Waals surface area (Å²) in [4.78, 5) is 16.9. The van der Waals surface area contributed by atoms with Crippen LogP contribution in [0.15, 0.2) is 24.3 Å². The van der Waals surface area contributed by atoms with E-state index in [-0.39, 0.29) is 23.9 Å². The Morgan fingerprint density at radius 1 is 1.19 bits per heavy atom. The lowest BCUT2D eigenvalue weighted by molar-refractivity contribution is 0.0162. The fourth-order valence-corrected chi connectivity index (χ4v) is 4.83. The standard InChI is InChI=1S/C20H28FN3O3/c21-16-4-1-14(2-5-16)17(23-9-11-27-12-10-23)13-22-20(26)24-8-7-15-3-6-18(25)19(15)24/h1-2,4-5,15,17-19,25H,3,6-13H2,(H,22,26)/t15-,17?,18+,19+/m0/s1. The predicted octanol–water partition coefficient (Wildman–Crippen LogP) is 1.75. The maximum atomic E-state index is 13.3. The normalized spacial score (nSPS) is 29.6. The number of carbonyl (C=O) groups is 1. The summed E-state index contributed by atoms with van der Waals surface area (Å²) in [5.41, 5.74) is 0.985. The Morgan fingerprint density at radius 3 is 2.67 bits per heavy atom. The van der Waals surface area contributed by atoms with Crippen molar-refractivity contribution < 1.29 is 19.0 Å². The number of ether oxygens (including phenoxy) is 1. The molecule has 0 bridgehead atoms. The van der Waals surface area contributed by atoms with E-state index in [4.69, 9.17) is 4.74 Å². The van der Waals surface area contributed by atoms with Crippen LogP contribution in [0.4, 0.5) is 9.18 Å². The Hall–Kier alpha value is -1.70. The van der Waals surface area contributed by atoms with Gasteiger partial charge in [0.05, 0.1) is 31.4 Å². The van der Waals surface area contributed by atoms with Gasteiger partial charge < -0.3 is 20.1 Å². The quantitative estimate of drug-likeness (QED) is 0.839. The summed E-state index contributed by atoms with van der Waals surface area (Å²) in [6, 6.07) is 6.32. The average Bonchev–Trinajstić information content (AvgIpc) is 3.27. The molecule has 4 rings (SSSR count). The molecule has 1 unspecified atom stereocenters. The van der Waals surface area contributed by atoms with Crippen molar-refractivity contribution in [3.05, 3.63) is 35.6 Å². The number of halogens is 1. The number of morpholine rings is 1. The van der Waals surface area contributed by atoms with Crippen molar-refractivity contribution in [2.24, 2.45) is 5.92 Å². The molecule has 2 aliphatic heterocycles. The van der Waals surface area contributed by atoms with Crippen LogP contribution in [0.3, 0.4) is 0 Å². The van der Waals surface area contributed by atoms with Crippen LogP contribution in [-0.4, -0.2) is 72.5 Å². The molecule has 27 heavy (non-hydrogen) atoms. The molecule has 148 valence electrons. The number of benzene rings is 1. The highest BCUT2D eigenvalue weighted by Gasteiger charge is 2.45. The van der Waals surface area contributed by atoms with Crippen LogP contribution in [0.2, 0.25) is 0 Å². The second kappa shape index (κ2) is 8.12. The molecule has 6 nitrogen and oxygen atoms in total. The highest BCUT2D eigenvalue weighted by Crippen LogP contribution is 2.38. The summed E-state index contributed by atoms with van der Waals surface area (Å²) in [5, 5.41) is 13.3. The first-order valence-corrected chi connectivity index (χ1v) is 9.93. The number of likely N-dealkylation sites (tertiary alicyclic amines) is 1. The first-order chi connectivity index (χ1) is 13.1. The minimum atomic E-state index is -0.407. The molecule has 1 saturated carbocycles. The van der Waals surface area contributed by atoms with Gasteiger partial charge in [-0.05, 0) is 42.9 Å². The monoisotopic (exact) mass is 377 g/mol. The van der Waals surface area contributed by atoms with E-state index in [1.54, 1.807) is 12.1 Å². The van der Waals surface area contributed by atoms with E-state index in [0.717, 1.165) is 37.9 Å². The van der Waals surface area contributed by atoms with Crippen LogP contribution in [0.1, 0.15) is 30.9 Å². The molecule has 1 aromatic rings. The zero-order valence-corrected chi connectivity index (χ0v) is 15.5. The Labute approximate surface area is 159 Å². The average molecular weight is 377 g/mol. The molecular weight excluding hydrogens is 349 g/mol. The van der Waals surface area contributed by atoms with E-state index in [9.17, 15) is 14.3 Å². The van der Waals surface area contributed by atoms with Gasteiger partial charge in [0.25, 0.3) is 0 Å². The first kappa shape index (κ1) is 18.7. The minimum absolute atomic E-state index is 0.0228. The summed E-state index contributed by atoms with van der Waals surface area (Å²) in [5.74, 6) is 0.166. The summed E-state index contributed by atoms with van der Waals surface area (Å²) in [6.45, 7) is 4.04. The van der Waals surface area contributed by atoms with Crippen LogP contribution >= 0.6 is 0 Å². The molecule has 2 N–H and O–H groups in total. The molecular formula is C20H28FN3O3. The van der Waals surface area contributed by atoms with Gasteiger partial charge in [-0.1, -0.05) is 12.1 Å². The number of rotatable bonds is 4. The lowest BCUT2D eigenvalue weighted by Crippen LogP contribution is -2.50. The van der Waals surface area contributed by atoms with Gasteiger partial charge in [0.1, 0.15) is 5.82 Å². The Balaban J connectivity index is 1.43. The highest BCUT2D eigenvalue weighted by molar-refractivity contribution is 5.75. The molecule has 1 aliphatic carbocycles. The van der Waals surface area contributed by atoms with Gasteiger partial charge in [0.15, 0.2) is 0 Å². The topological polar surface area (TPSA) is 65.0 Å². The summed E-state index contributed by atoms with van der Waals surface area (Å²) in [6.07, 6.45) is 2.35. The molecule has 4 atom stereocenters. The van der Waals surface area contributed by atoms with Gasteiger partial charge in [0, 0.05) is 26.2 Å². The number of aliphatic hydroxyl groups excluding tert-OH is 1. The van der Waals surface area contributed by atoms with Gasteiger partial charge >= 0.3 is 6.03 Å². The SMILES string of the molecule is O=C(NCC(c1ccc(F)cc1)N1CCOCC1)N1CC[C@@H]2CC[C@@H](O)[C@@H]21. The van der Waals surface area contributed by atoms with Crippen LogP contribution in [0.5, 0.6) is 0 Å². The number of aliphatic hydroxyl groups is 1. The molecule has 2 saturated heterocycles. The van der Waals surface area contributed by atoms with Crippen molar-refractivity contribution in [1.29, 1.82) is 0 Å². The Bertz CT molecular complexity index is 650. The lowest BCUT2D eigenvalue weighted by atomic mass is 10.0. The number of hydrogen-bond acceptors (Lipinski definition) is 4. The number of nitrogens with one attached hydrogen (secondary N) is 1. The van der Waals surface area contributed by atoms with E-state index in [0.29, 0.717) is 32.2 Å². The summed E-state index contributed by atoms with van der Waals surface area (Å²) >= 11 is 0. The number of carbonyl (C=O) groups excluding carboxylic acids is 1. The number of fused-ring (bicyclic) bond motifs is 1. The van der Waals surface area contributed by atoms with Crippen molar-refractivity contribution in [3.63, 3.8) is 0 Å². The van der Waals surface area contributed by atoms with E-state index in [1.165, 1.54) is 12.1 Å². The van der Waals surface area contributed by atoms with Crippen molar-refractivity contribution in [2.75, 3.05) is 39.4 Å². The first-order valence-electron chi connectivity index (χ1n) is 9.93. The van der Waals surface area contributed by atoms with Gasteiger partial charge in [-0.15, -0.1) is 0 Å². The Morgan fingerprint density at radius 2 is 1.93 bits per heavy atom. The highest BCUT2D eigenvalue weighted by atomic mass is 19.1. The van der Waals surface area contributed by atoms with Crippen LogP contribution < -0.4 is 5.32 Å². The zero-order chi connectivity index (χ0) is 18.8. The molecule has 0 aromatic heterocycles. The van der Waals surface area contributed by atoms with Crippen molar-refractivity contribution in [3.8, 4) is 0 Å². The fourth-order valence-electron chi connectivity index (χ4n) is 4.83. The largest absolute Gasteiger partial charge is 0.391 e. The number of hydrogen-bond donors (Lipinski definition) is 2. The third-order valence-electron chi connectivity index (χ3n) is 6.26. The lowest BCUT2D eigenvalue weighted by Gasteiger charge is -2.35. The van der Waals surface area contributed by atoms with Gasteiger partial charge in [-0.3, -0.25) is 4.90 Å². The smallest absolute Gasteiger partial charge is 0.317 e. The minimum Gasteiger partial charge on any atom is -0.391 e. The maximum Gasteiger partial charge on any atom is 0.317 e. The number of nitrogens with zero attached hydrogens (tertiary/aromatic N) is 2. The molecule has 0 radical (unpaired) electrons. The van der Waals surface area contributed by atoms with E-state index >= 15 is 0 Å². The third-order valence-corrected chi connectivity index (χ3v) is 6.26. The van der Waals surface area contributed by atoms with Crippen LogP contribution in [0.25, 0.3) is 0 Å². The second-order valence-electron chi connectivity index (χ2n) is 7.78. The summed E-state index contributed by atoms with van der Waals surface area (Å²) < 4.78 is 18.8. The Kier molecular flexibility index (Phi) is 5.61. The van der Waals surface area contributed by atoms with E-state index in [2.05, 4.69) is 10.2 Å². The van der Waals surface area contributed by atoms with Crippen LogP contribution in [0, 0.1) is 11.7 Å². The predicted molar refractivity (Wildman–Crippen MR) is 98.8 cm³/mol. The molecule has 2 heterocycles. The molecule has 0 spiro atoms. The third kappa shape index (κ3) is 3.95. The number of urea groups is 1. The van der Waals surface area contributed by atoms with Gasteiger partial charge in [-0.25, -0.2) is 9.18 Å².